The summed E-state index contributed by atoms with van der Waals surface area (Å²) in [5.41, 5.74) is 0. The van der Waals surface area contributed by atoms with Crippen molar-refractivity contribution in [2.24, 2.45) is 11.8 Å². The topological polar surface area (TPSA) is 3.24 Å². The molecule has 1 fully saturated rings. The second-order valence-corrected chi connectivity index (χ2v) is 4.02. The Morgan fingerprint density at radius 2 is 1.92 bits per heavy atom. The van der Waals surface area contributed by atoms with Crippen molar-refractivity contribution in [3.63, 3.8) is 0 Å². The molecule has 72 valence electrons. The normalized spacial score (nSPS) is 25.5. The summed E-state index contributed by atoms with van der Waals surface area (Å²) in [6, 6.07) is 0. The summed E-state index contributed by atoms with van der Waals surface area (Å²) in [7, 11) is 0. The van der Waals surface area contributed by atoms with Crippen molar-refractivity contribution in [3.8, 4) is 0 Å². The lowest BCUT2D eigenvalue weighted by Gasteiger charge is -2.20. The summed E-state index contributed by atoms with van der Waals surface area (Å²) in [6.45, 7) is 10.9. The molecule has 0 aromatic rings. The second-order valence-electron chi connectivity index (χ2n) is 4.02. The van der Waals surface area contributed by atoms with Crippen molar-refractivity contribution < 1.29 is 0 Å². The van der Waals surface area contributed by atoms with Gasteiger partial charge in [0.15, 0.2) is 0 Å². The van der Waals surface area contributed by atoms with E-state index in [1.54, 1.807) is 0 Å². The van der Waals surface area contributed by atoms with Crippen LogP contribution in [-0.4, -0.2) is 24.5 Å². The minimum absolute atomic E-state index is 0.988. The highest BCUT2D eigenvalue weighted by molar-refractivity contribution is 4.79. The van der Waals surface area contributed by atoms with Gasteiger partial charge in [-0.2, -0.15) is 0 Å². The molecule has 1 nitrogen and oxygen atoms in total. The van der Waals surface area contributed by atoms with Crippen LogP contribution in [0, 0.1) is 11.8 Å². The predicted octanol–water partition coefficient (Wildman–Crippen LogP) is 2.76. The molecule has 0 amide bonds. The summed E-state index contributed by atoms with van der Waals surface area (Å²) < 4.78 is 0. The lowest BCUT2D eigenvalue weighted by atomic mass is 9.87. The standard InChI is InChI=1S/C11H23N/c1-4-10(5-2)11-7-8-12(6-3)9-11/h10-11H,4-9H2,1-3H3. The SMILES string of the molecule is CCC(CC)C1CCN(CC)C1. The van der Waals surface area contributed by atoms with Crippen molar-refractivity contribution in [2.45, 2.75) is 40.0 Å². The van der Waals surface area contributed by atoms with Crippen LogP contribution in [0.3, 0.4) is 0 Å². The summed E-state index contributed by atoms with van der Waals surface area (Å²) in [5.74, 6) is 1.99. The maximum atomic E-state index is 2.59. The van der Waals surface area contributed by atoms with Crippen LogP contribution in [0.15, 0.2) is 0 Å². The molecule has 1 saturated heterocycles. The fourth-order valence-corrected chi connectivity index (χ4v) is 2.49. The molecular formula is C11H23N. The molecule has 1 rings (SSSR count). The van der Waals surface area contributed by atoms with Gasteiger partial charge in [0.1, 0.15) is 0 Å². The van der Waals surface area contributed by atoms with Gasteiger partial charge in [-0.15, -0.1) is 0 Å². The molecule has 0 aromatic heterocycles. The zero-order valence-corrected chi connectivity index (χ0v) is 8.84. The van der Waals surface area contributed by atoms with E-state index >= 15 is 0 Å². The first-order chi connectivity index (χ1) is 5.81. The monoisotopic (exact) mass is 169 g/mol. The first-order valence-electron chi connectivity index (χ1n) is 5.54. The van der Waals surface area contributed by atoms with Gasteiger partial charge in [0, 0.05) is 6.54 Å². The van der Waals surface area contributed by atoms with Crippen molar-refractivity contribution in [2.75, 3.05) is 19.6 Å². The van der Waals surface area contributed by atoms with Gasteiger partial charge >= 0.3 is 0 Å². The van der Waals surface area contributed by atoms with E-state index in [2.05, 4.69) is 25.7 Å². The van der Waals surface area contributed by atoms with Crippen molar-refractivity contribution >= 4 is 0 Å². The average Bonchev–Trinajstić information content (AvgIpc) is 2.55. The van der Waals surface area contributed by atoms with Crippen LogP contribution in [-0.2, 0) is 0 Å². The third-order valence-corrected chi connectivity index (χ3v) is 3.47. The Labute approximate surface area is 77.1 Å². The Kier molecular flexibility index (Phi) is 4.07. The summed E-state index contributed by atoms with van der Waals surface area (Å²) in [4.78, 5) is 2.59. The number of likely N-dealkylation sites (tertiary alicyclic amines) is 1. The van der Waals surface area contributed by atoms with Gasteiger partial charge in [-0.3, -0.25) is 0 Å². The molecule has 0 bridgehead atoms. The lowest BCUT2D eigenvalue weighted by molar-refractivity contribution is 0.286. The molecule has 0 saturated carbocycles. The number of hydrogen-bond donors (Lipinski definition) is 0. The quantitative estimate of drug-likeness (QED) is 0.625. The largest absolute Gasteiger partial charge is 0.303 e. The molecule has 0 aliphatic carbocycles. The molecule has 1 heteroatoms. The molecule has 0 N–H and O–H groups in total. The first-order valence-corrected chi connectivity index (χ1v) is 5.54. The minimum Gasteiger partial charge on any atom is -0.303 e. The Hall–Kier alpha value is -0.0400. The third kappa shape index (κ3) is 2.22. The second kappa shape index (κ2) is 4.86. The fraction of sp³-hybridized carbons (Fsp3) is 1.00. The van der Waals surface area contributed by atoms with Crippen molar-refractivity contribution in [1.82, 2.24) is 4.90 Å². The van der Waals surface area contributed by atoms with Crippen LogP contribution in [0.25, 0.3) is 0 Å². The smallest absolute Gasteiger partial charge is 0.00127 e. The highest BCUT2D eigenvalue weighted by atomic mass is 15.1. The van der Waals surface area contributed by atoms with Gasteiger partial charge in [-0.1, -0.05) is 33.6 Å². The third-order valence-electron chi connectivity index (χ3n) is 3.47. The minimum atomic E-state index is 0.988. The zero-order chi connectivity index (χ0) is 8.97. The van der Waals surface area contributed by atoms with Crippen LogP contribution >= 0.6 is 0 Å². The molecule has 0 spiro atoms. The summed E-state index contributed by atoms with van der Waals surface area (Å²) in [5, 5.41) is 0. The molecule has 1 atom stereocenters. The molecular weight excluding hydrogens is 146 g/mol. The molecule has 1 heterocycles. The van der Waals surface area contributed by atoms with Crippen LogP contribution in [0.1, 0.15) is 40.0 Å². The van der Waals surface area contributed by atoms with Gasteiger partial charge in [-0.25, -0.2) is 0 Å². The van der Waals surface area contributed by atoms with Crippen molar-refractivity contribution in [3.05, 3.63) is 0 Å². The van der Waals surface area contributed by atoms with Crippen LogP contribution in [0.4, 0.5) is 0 Å². The highest BCUT2D eigenvalue weighted by Gasteiger charge is 2.26. The van der Waals surface area contributed by atoms with Crippen LogP contribution in [0.5, 0.6) is 0 Å². The van der Waals surface area contributed by atoms with Gasteiger partial charge in [0.25, 0.3) is 0 Å². The van der Waals surface area contributed by atoms with E-state index < -0.39 is 0 Å². The zero-order valence-electron chi connectivity index (χ0n) is 8.84. The van der Waals surface area contributed by atoms with Crippen LogP contribution in [0.2, 0.25) is 0 Å². The Bertz CT molecular complexity index is 118. The molecule has 1 aliphatic rings. The van der Waals surface area contributed by atoms with Gasteiger partial charge in [-0.05, 0) is 31.3 Å². The maximum Gasteiger partial charge on any atom is 0.00127 e. The average molecular weight is 169 g/mol. The number of nitrogens with zero attached hydrogens (tertiary/aromatic N) is 1. The Balaban J connectivity index is 2.34. The first kappa shape index (κ1) is 10.0. The summed E-state index contributed by atoms with van der Waals surface area (Å²) >= 11 is 0. The van der Waals surface area contributed by atoms with Gasteiger partial charge in [0.05, 0.1) is 0 Å². The molecule has 0 aromatic carbocycles. The lowest BCUT2D eigenvalue weighted by Crippen LogP contribution is -2.22. The van der Waals surface area contributed by atoms with E-state index in [9.17, 15) is 0 Å². The Morgan fingerprint density at radius 1 is 1.25 bits per heavy atom. The molecule has 12 heavy (non-hydrogen) atoms. The van der Waals surface area contributed by atoms with Crippen molar-refractivity contribution in [1.29, 1.82) is 0 Å². The van der Waals surface area contributed by atoms with E-state index in [1.165, 1.54) is 38.9 Å². The number of rotatable bonds is 4. The van der Waals surface area contributed by atoms with Crippen LogP contribution < -0.4 is 0 Å². The predicted molar refractivity (Wildman–Crippen MR) is 54.3 cm³/mol. The van der Waals surface area contributed by atoms with Gasteiger partial charge < -0.3 is 4.90 Å². The Morgan fingerprint density at radius 3 is 2.33 bits per heavy atom. The van der Waals surface area contributed by atoms with E-state index in [0.717, 1.165) is 11.8 Å². The fourth-order valence-electron chi connectivity index (χ4n) is 2.49. The van der Waals surface area contributed by atoms with E-state index in [0.29, 0.717) is 0 Å². The van der Waals surface area contributed by atoms with E-state index in [1.807, 2.05) is 0 Å². The molecule has 0 radical (unpaired) electrons. The van der Waals surface area contributed by atoms with Gasteiger partial charge in [0.2, 0.25) is 0 Å². The van der Waals surface area contributed by atoms with E-state index in [4.69, 9.17) is 0 Å². The highest BCUT2D eigenvalue weighted by Crippen LogP contribution is 2.28. The number of hydrogen-bond acceptors (Lipinski definition) is 1. The van der Waals surface area contributed by atoms with E-state index in [-0.39, 0.29) is 0 Å². The maximum absolute atomic E-state index is 2.59. The molecule has 1 unspecified atom stereocenters. The molecule has 1 aliphatic heterocycles. The summed E-state index contributed by atoms with van der Waals surface area (Å²) in [6.07, 6.45) is 4.19.